The van der Waals surface area contributed by atoms with Crippen molar-refractivity contribution in [2.75, 3.05) is 32.7 Å². The highest BCUT2D eigenvalue weighted by atomic mass is 16.3. The number of piperazine rings is 1. The molecule has 1 aromatic rings. The van der Waals surface area contributed by atoms with Gasteiger partial charge in [-0.15, -0.1) is 5.10 Å². The van der Waals surface area contributed by atoms with Crippen molar-refractivity contribution in [3.05, 3.63) is 11.9 Å². The van der Waals surface area contributed by atoms with Crippen molar-refractivity contribution in [3.8, 4) is 0 Å². The number of rotatable bonds is 7. The number of nitrogens with zero attached hydrogens (tertiary/aromatic N) is 4. The fourth-order valence-corrected chi connectivity index (χ4v) is 2.63. The highest BCUT2D eigenvalue weighted by Gasteiger charge is 2.31. The first-order valence-corrected chi connectivity index (χ1v) is 7.92. The smallest absolute Gasteiger partial charge is 0.250 e. The first-order chi connectivity index (χ1) is 10.6. The molecule has 0 saturated carbocycles. The van der Waals surface area contributed by atoms with Gasteiger partial charge in [0.25, 0.3) is 0 Å². The van der Waals surface area contributed by atoms with Crippen molar-refractivity contribution in [1.29, 1.82) is 0 Å². The summed E-state index contributed by atoms with van der Waals surface area (Å²) < 4.78 is 1.49. The van der Waals surface area contributed by atoms with Gasteiger partial charge in [-0.3, -0.25) is 4.79 Å². The molecule has 0 aliphatic carbocycles. The quantitative estimate of drug-likeness (QED) is 0.552. The van der Waals surface area contributed by atoms with Crippen LogP contribution >= 0.6 is 0 Å². The molecule has 8 heteroatoms. The molecule has 0 spiro atoms. The lowest BCUT2D eigenvalue weighted by molar-refractivity contribution is -0.138. The number of aryl methyl sites for hydroxylation is 1. The van der Waals surface area contributed by atoms with Gasteiger partial charge in [-0.25, -0.2) is 4.68 Å². The molecule has 0 aromatic carbocycles. The van der Waals surface area contributed by atoms with Crippen LogP contribution in [0.5, 0.6) is 0 Å². The molecule has 1 amide bonds. The zero-order valence-corrected chi connectivity index (χ0v) is 13.1. The molecule has 0 radical (unpaired) electrons. The van der Waals surface area contributed by atoms with Crippen molar-refractivity contribution < 1.29 is 9.90 Å². The Labute approximate surface area is 130 Å². The molecular formula is C14H26N6O2. The van der Waals surface area contributed by atoms with Crippen LogP contribution in [0.25, 0.3) is 0 Å². The summed E-state index contributed by atoms with van der Waals surface area (Å²) in [5.74, 6) is -0.102. The summed E-state index contributed by atoms with van der Waals surface area (Å²) in [7, 11) is 0. The number of carbonyl (C=O) groups excluding carboxylic acids is 1. The average Bonchev–Trinajstić information content (AvgIpc) is 2.96. The number of hydrogen-bond donors (Lipinski definition) is 3. The van der Waals surface area contributed by atoms with Crippen LogP contribution in [0.1, 0.15) is 31.5 Å². The van der Waals surface area contributed by atoms with E-state index in [1.54, 1.807) is 18.0 Å². The molecule has 1 saturated heterocycles. The van der Waals surface area contributed by atoms with E-state index in [9.17, 15) is 9.90 Å². The number of hydrogen-bond acceptors (Lipinski definition) is 6. The number of aliphatic hydroxyl groups excluding tert-OH is 1. The first kappa shape index (κ1) is 16.9. The predicted octanol–water partition coefficient (Wildman–Crippen LogP) is -1.09. The van der Waals surface area contributed by atoms with Gasteiger partial charge in [-0.1, -0.05) is 5.21 Å². The Morgan fingerprint density at radius 2 is 2.18 bits per heavy atom. The molecule has 0 bridgehead atoms. The molecule has 2 rings (SSSR count). The lowest BCUT2D eigenvalue weighted by Crippen LogP contribution is -2.50. The van der Waals surface area contributed by atoms with Crippen LogP contribution in [0.15, 0.2) is 6.20 Å². The van der Waals surface area contributed by atoms with Crippen LogP contribution in [-0.2, 0) is 11.2 Å². The summed E-state index contributed by atoms with van der Waals surface area (Å²) in [5, 5.41) is 21.4. The van der Waals surface area contributed by atoms with Gasteiger partial charge in [0.15, 0.2) is 6.04 Å². The number of unbranched alkanes of at least 4 members (excludes halogenated alkanes) is 1. The summed E-state index contributed by atoms with van der Waals surface area (Å²) in [6.45, 7) is 5.13. The highest BCUT2D eigenvalue weighted by molar-refractivity contribution is 5.81. The van der Waals surface area contributed by atoms with E-state index in [4.69, 9.17) is 5.73 Å². The Balaban J connectivity index is 2.05. The van der Waals surface area contributed by atoms with Crippen molar-refractivity contribution >= 4 is 5.91 Å². The molecule has 2 heterocycles. The number of nitrogens with one attached hydrogen (secondary N) is 1. The van der Waals surface area contributed by atoms with Crippen LogP contribution < -0.4 is 11.1 Å². The van der Waals surface area contributed by atoms with Gasteiger partial charge in [0.2, 0.25) is 5.91 Å². The Hall–Kier alpha value is -1.51. The number of nitrogens with two attached hydrogens (primary N) is 1. The fraction of sp³-hybridized carbons (Fsp3) is 0.786. The number of carbonyl (C=O) groups is 1. The minimum absolute atomic E-state index is 0.102. The summed E-state index contributed by atoms with van der Waals surface area (Å²) in [4.78, 5) is 14.4. The summed E-state index contributed by atoms with van der Waals surface area (Å²) >= 11 is 0. The van der Waals surface area contributed by atoms with Gasteiger partial charge in [0, 0.05) is 32.4 Å². The second-order valence-corrected chi connectivity index (χ2v) is 5.70. The maximum Gasteiger partial charge on any atom is 0.250 e. The molecule has 1 unspecified atom stereocenters. The van der Waals surface area contributed by atoms with E-state index in [0.29, 0.717) is 19.6 Å². The van der Waals surface area contributed by atoms with E-state index >= 15 is 0 Å². The minimum Gasteiger partial charge on any atom is -0.391 e. The Morgan fingerprint density at radius 3 is 2.82 bits per heavy atom. The third-order valence-electron chi connectivity index (χ3n) is 3.87. The van der Waals surface area contributed by atoms with Crippen LogP contribution in [0.2, 0.25) is 0 Å². The van der Waals surface area contributed by atoms with Crippen molar-refractivity contribution in [3.63, 3.8) is 0 Å². The Morgan fingerprint density at radius 1 is 1.45 bits per heavy atom. The molecule has 1 aromatic heterocycles. The summed E-state index contributed by atoms with van der Waals surface area (Å²) in [6.07, 6.45) is 3.60. The van der Waals surface area contributed by atoms with Crippen molar-refractivity contribution in [1.82, 2.24) is 25.2 Å². The van der Waals surface area contributed by atoms with E-state index < -0.39 is 12.1 Å². The Kier molecular flexibility index (Phi) is 6.29. The SMILES string of the molecule is CC(O)[C@H](C(=O)N1CCNCC1)n1cc(CCCCN)nn1. The topological polar surface area (TPSA) is 109 Å². The first-order valence-electron chi connectivity index (χ1n) is 7.92. The van der Waals surface area contributed by atoms with E-state index in [-0.39, 0.29) is 5.91 Å². The predicted molar refractivity (Wildman–Crippen MR) is 82.2 cm³/mol. The third kappa shape index (κ3) is 4.25. The third-order valence-corrected chi connectivity index (χ3v) is 3.87. The van der Waals surface area contributed by atoms with Crippen LogP contribution in [0.3, 0.4) is 0 Å². The van der Waals surface area contributed by atoms with Crippen LogP contribution in [-0.4, -0.2) is 69.7 Å². The van der Waals surface area contributed by atoms with Gasteiger partial charge in [0.05, 0.1) is 11.8 Å². The largest absolute Gasteiger partial charge is 0.391 e. The standard InChI is InChI=1S/C14H26N6O2/c1-11(21)13(14(22)19-8-6-16-7-9-19)20-10-12(17-18-20)4-2-3-5-15/h10-11,13,16,21H,2-9,15H2,1H3/t11?,13-/m1/s1. The zero-order chi connectivity index (χ0) is 15.9. The summed E-state index contributed by atoms with van der Waals surface area (Å²) in [6, 6.07) is -0.714. The van der Waals surface area contributed by atoms with Crippen molar-refractivity contribution in [2.24, 2.45) is 5.73 Å². The van der Waals surface area contributed by atoms with E-state index in [1.807, 2.05) is 0 Å². The number of aliphatic hydroxyl groups is 1. The molecule has 22 heavy (non-hydrogen) atoms. The average molecular weight is 310 g/mol. The number of amides is 1. The molecule has 8 nitrogen and oxygen atoms in total. The summed E-state index contributed by atoms with van der Waals surface area (Å²) in [5.41, 5.74) is 6.30. The molecule has 4 N–H and O–H groups in total. The van der Waals surface area contributed by atoms with Crippen LogP contribution in [0.4, 0.5) is 0 Å². The van der Waals surface area contributed by atoms with Gasteiger partial charge >= 0.3 is 0 Å². The van der Waals surface area contributed by atoms with E-state index in [0.717, 1.165) is 38.0 Å². The molecule has 1 aliphatic heterocycles. The lowest BCUT2D eigenvalue weighted by atomic mass is 10.1. The molecule has 1 fully saturated rings. The lowest BCUT2D eigenvalue weighted by Gasteiger charge is -2.31. The van der Waals surface area contributed by atoms with E-state index in [1.165, 1.54) is 4.68 Å². The zero-order valence-electron chi connectivity index (χ0n) is 13.1. The maximum absolute atomic E-state index is 12.6. The van der Waals surface area contributed by atoms with Gasteiger partial charge < -0.3 is 21.1 Å². The maximum atomic E-state index is 12.6. The second-order valence-electron chi connectivity index (χ2n) is 5.70. The van der Waals surface area contributed by atoms with E-state index in [2.05, 4.69) is 15.6 Å². The molecular weight excluding hydrogens is 284 g/mol. The Bertz CT molecular complexity index is 470. The van der Waals surface area contributed by atoms with Crippen LogP contribution in [0, 0.1) is 0 Å². The molecule has 124 valence electrons. The fourth-order valence-electron chi connectivity index (χ4n) is 2.63. The monoisotopic (exact) mass is 310 g/mol. The van der Waals surface area contributed by atoms with Gasteiger partial charge in [-0.2, -0.15) is 0 Å². The molecule has 1 aliphatic rings. The minimum atomic E-state index is -0.819. The highest BCUT2D eigenvalue weighted by Crippen LogP contribution is 2.16. The molecule has 2 atom stereocenters. The van der Waals surface area contributed by atoms with Gasteiger partial charge in [0.1, 0.15) is 0 Å². The van der Waals surface area contributed by atoms with Crippen molar-refractivity contribution in [2.45, 2.75) is 38.3 Å². The number of aromatic nitrogens is 3. The normalized spacial score (nSPS) is 18.2. The van der Waals surface area contributed by atoms with Gasteiger partial charge in [-0.05, 0) is 32.7 Å². The second kappa shape index (κ2) is 8.21.